The summed E-state index contributed by atoms with van der Waals surface area (Å²) in [5, 5.41) is 13.9. The van der Waals surface area contributed by atoms with Gasteiger partial charge < -0.3 is 14.7 Å². The van der Waals surface area contributed by atoms with Gasteiger partial charge in [-0.05, 0) is 25.7 Å². The summed E-state index contributed by atoms with van der Waals surface area (Å²) in [4.78, 5) is 22.9. The SMILES string of the molecule is Cc1nc([C@H]2CCCN(C(=O)NCc3nc(CC(C)C)no3)C2)n[nH]1. The lowest BCUT2D eigenvalue weighted by Crippen LogP contribution is -2.44. The molecule has 0 radical (unpaired) electrons. The molecule has 136 valence electrons. The average Bonchev–Trinajstić information content (AvgIpc) is 3.21. The van der Waals surface area contributed by atoms with Crippen molar-refractivity contribution in [3.05, 3.63) is 23.4 Å². The highest BCUT2D eigenvalue weighted by atomic mass is 16.5. The van der Waals surface area contributed by atoms with Crippen LogP contribution in [-0.2, 0) is 13.0 Å². The number of rotatable bonds is 5. The van der Waals surface area contributed by atoms with Gasteiger partial charge >= 0.3 is 6.03 Å². The molecule has 2 aromatic heterocycles. The standard InChI is InChI=1S/C16H25N7O2/c1-10(2)7-13-19-14(25-22-13)8-17-16(24)23-6-4-5-12(9-23)15-18-11(3)20-21-15/h10,12H,4-9H2,1-3H3,(H,17,24)(H,18,20,21)/t12-/m0/s1. The molecular weight excluding hydrogens is 322 g/mol. The number of carbonyl (C=O) groups is 1. The van der Waals surface area contributed by atoms with E-state index in [4.69, 9.17) is 4.52 Å². The second-order valence-corrected chi connectivity index (χ2v) is 6.93. The van der Waals surface area contributed by atoms with Crippen molar-refractivity contribution in [1.29, 1.82) is 0 Å². The lowest BCUT2D eigenvalue weighted by atomic mass is 9.98. The van der Waals surface area contributed by atoms with Gasteiger partial charge in [0.2, 0.25) is 5.89 Å². The summed E-state index contributed by atoms with van der Waals surface area (Å²) in [5.41, 5.74) is 0. The van der Waals surface area contributed by atoms with E-state index in [2.05, 4.69) is 44.5 Å². The minimum Gasteiger partial charge on any atom is -0.337 e. The summed E-state index contributed by atoms with van der Waals surface area (Å²) in [6.45, 7) is 7.66. The Balaban J connectivity index is 1.51. The van der Waals surface area contributed by atoms with Gasteiger partial charge in [-0.2, -0.15) is 10.1 Å². The van der Waals surface area contributed by atoms with Gasteiger partial charge in [-0.1, -0.05) is 19.0 Å². The molecule has 0 aliphatic carbocycles. The first kappa shape index (κ1) is 17.4. The lowest BCUT2D eigenvalue weighted by molar-refractivity contribution is 0.176. The van der Waals surface area contributed by atoms with E-state index in [1.807, 2.05) is 6.92 Å². The van der Waals surface area contributed by atoms with Gasteiger partial charge in [-0.25, -0.2) is 9.78 Å². The normalized spacial score (nSPS) is 17.9. The Kier molecular flexibility index (Phi) is 5.30. The molecule has 1 saturated heterocycles. The number of hydrogen-bond acceptors (Lipinski definition) is 6. The van der Waals surface area contributed by atoms with Crippen LogP contribution in [0, 0.1) is 12.8 Å². The number of amides is 2. The Bertz CT molecular complexity index is 709. The molecule has 0 aromatic carbocycles. The quantitative estimate of drug-likeness (QED) is 0.852. The van der Waals surface area contributed by atoms with Gasteiger partial charge in [0.1, 0.15) is 5.82 Å². The maximum atomic E-state index is 12.4. The van der Waals surface area contributed by atoms with Crippen molar-refractivity contribution in [2.24, 2.45) is 5.92 Å². The Hall–Kier alpha value is -2.45. The monoisotopic (exact) mass is 347 g/mol. The number of aromatic amines is 1. The highest BCUT2D eigenvalue weighted by Crippen LogP contribution is 2.24. The van der Waals surface area contributed by atoms with Gasteiger partial charge in [0, 0.05) is 25.4 Å². The van der Waals surface area contributed by atoms with Crippen molar-refractivity contribution in [2.75, 3.05) is 13.1 Å². The van der Waals surface area contributed by atoms with Crippen LogP contribution in [0.3, 0.4) is 0 Å². The Morgan fingerprint density at radius 2 is 2.28 bits per heavy atom. The van der Waals surface area contributed by atoms with E-state index in [9.17, 15) is 4.79 Å². The number of hydrogen-bond donors (Lipinski definition) is 2. The lowest BCUT2D eigenvalue weighted by Gasteiger charge is -2.31. The summed E-state index contributed by atoms with van der Waals surface area (Å²) in [7, 11) is 0. The van der Waals surface area contributed by atoms with Crippen molar-refractivity contribution in [1.82, 2.24) is 35.5 Å². The molecule has 0 bridgehead atoms. The number of nitrogens with one attached hydrogen (secondary N) is 2. The fourth-order valence-electron chi connectivity index (χ4n) is 2.99. The minimum atomic E-state index is -0.124. The molecule has 9 heteroatoms. The van der Waals surface area contributed by atoms with Crippen LogP contribution < -0.4 is 5.32 Å². The highest BCUT2D eigenvalue weighted by molar-refractivity contribution is 5.74. The molecular formula is C16H25N7O2. The molecule has 2 N–H and O–H groups in total. The van der Waals surface area contributed by atoms with E-state index in [1.165, 1.54) is 0 Å². The van der Waals surface area contributed by atoms with Crippen molar-refractivity contribution >= 4 is 6.03 Å². The first-order chi connectivity index (χ1) is 12.0. The number of aryl methyl sites for hydroxylation is 1. The van der Waals surface area contributed by atoms with Gasteiger partial charge in [0.05, 0.1) is 6.54 Å². The van der Waals surface area contributed by atoms with Crippen LogP contribution in [0.2, 0.25) is 0 Å². The number of aromatic nitrogens is 5. The first-order valence-electron chi connectivity index (χ1n) is 8.74. The van der Waals surface area contributed by atoms with E-state index in [0.717, 1.165) is 37.5 Å². The summed E-state index contributed by atoms with van der Waals surface area (Å²) in [6, 6.07) is -0.124. The zero-order chi connectivity index (χ0) is 17.8. The number of nitrogens with zero attached hydrogens (tertiary/aromatic N) is 5. The fourth-order valence-corrected chi connectivity index (χ4v) is 2.99. The molecule has 3 heterocycles. The third-order valence-electron chi connectivity index (χ3n) is 4.18. The summed E-state index contributed by atoms with van der Waals surface area (Å²) < 4.78 is 5.18. The van der Waals surface area contributed by atoms with Crippen LogP contribution in [0.15, 0.2) is 4.52 Å². The van der Waals surface area contributed by atoms with Crippen LogP contribution >= 0.6 is 0 Å². The van der Waals surface area contributed by atoms with E-state index in [-0.39, 0.29) is 18.5 Å². The summed E-state index contributed by atoms with van der Waals surface area (Å²) >= 11 is 0. The summed E-state index contributed by atoms with van der Waals surface area (Å²) in [6.07, 6.45) is 2.69. The van der Waals surface area contributed by atoms with Gasteiger partial charge in [-0.3, -0.25) is 5.10 Å². The number of piperidine rings is 1. The number of urea groups is 1. The Morgan fingerprint density at radius 1 is 1.44 bits per heavy atom. The molecule has 0 spiro atoms. The first-order valence-corrected chi connectivity index (χ1v) is 8.74. The molecule has 1 aliphatic rings. The molecule has 9 nitrogen and oxygen atoms in total. The molecule has 2 aromatic rings. The average molecular weight is 347 g/mol. The number of likely N-dealkylation sites (tertiary alicyclic amines) is 1. The maximum absolute atomic E-state index is 12.4. The second-order valence-electron chi connectivity index (χ2n) is 6.93. The van der Waals surface area contributed by atoms with E-state index in [0.29, 0.717) is 24.2 Å². The van der Waals surface area contributed by atoms with E-state index < -0.39 is 0 Å². The molecule has 2 amide bonds. The van der Waals surface area contributed by atoms with Crippen molar-refractivity contribution in [3.63, 3.8) is 0 Å². The van der Waals surface area contributed by atoms with Crippen molar-refractivity contribution in [3.8, 4) is 0 Å². The highest BCUT2D eigenvalue weighted by Gasteiger charge is 2.27. The van der Waals surface area contributed by atoms with Crippen LogP contribution in [-0.4, -0.2) is 49.3 Å². The molecule has 0 unspecified atom stereocenters. The number of carbonyl (C=O) groups excluding carboxylic acids is 1. The smallest absolute Gasteiger partial charge is 0.317 e. The molecule has 1 fully saturated rings. The van der Waals surface area contributed by atoms with Crippen LogP contribution in [0.1, 0.15) is 56.0 Å². The van der Waals surface area contributed by atoms with Crippen LogP contribution in [0.4, 0.5) is 4.79 Å². The third-order valence-corrected chi connectivity index (χ3v) is 4.18. The van der Waals surface area contributed by atoms with Crippen molar-refractivity contribution in [2.45, 2.75) is 52.5 Å². The largest absolute Gasteiger partial charge is 0.337 e. The third kappa shape index (κ3) is 4.55. The zero-order valence-corrected chi connectivity index (χ0v) is 14.9. The maximum Gasteiger partial charge on any atom is 0.317 e. The second kappa shape index (κ2) is 7.62. The number of H-pyrrole nitrogens is 1. The molecule has 25 heavy (non-hydrogen) atoms. The fraction of sp³-hybridized carbons (Fsp3) is 0.688. The molecule has 1 atom stereocenters. The van der Waals surface area contributed by atoms with Gasteiger partial charge in [0.15, 0.2) is 11.6 Å². The molecule has 1 aliphatic heterocycles. The van der Waals surface area contributed by atoms with Crippen LogP contribution in [0.5, 0.6) is 0 Å². The minimum absolute atomic E-state index is 0.124. The Morgan fingerprint density at radius 3 is 3.00 bits per heavy atom. The van der Waals surface area contributed by atoms with Gasteiger partial charge in [0.25, 0.3) is 0 Å². The van der Waals surface area contributed by atoms with Crippen molar-refractivity contribution < 1.29 is 9.32 Å². The zero-order valence-electron chi connectivity index (χ0n) is 14.9. The van der Waals surface area contributed by atoms with E-state index >= 15 is 0 Å². The molecule has 0 saturated carbocycles. The topological polar surface area (TPSA) is 113 Å². The predicted molar refractivity (Wildman–Crippen MR) is 89.7 cm³/mol. The predicted octanol–water partition coefficient (Wildman–Crippen LogP) is 1.78. The Labute approximate surface area is 146 Å². The van der Waals surface area contributed by atoms with Gasteiger partial charge in [-0.15, -0.1) is 0 Å². The van der Waals surface area contributed by atoms with Crippen LogP contribution in [0.25, 0.3) is 0 Å². The van der Waals surface area contributed by atoms with E-state index in [1.54, 1.807) is 4.90 Å². The molecule has 3 rings (SSSR count). The summed E-state index contributed by atoms with van der Waals surface area (Å²) in [5.74, 6) is 3.32.